The molecule has 1 aromatic rings. The fraction of sp³-hybridized carbons (Fsp3) is 0.500. The first-order valence-corrected chi connectivity index (χ1v) is 7.95. The summed E-state index contributed by atoms with van der Waals surface area (Å²) in [4.78, 5) is -0.299. The Kier molecular flexibility index (Phi) is 4.53. The molecule has 2 rings (SSSR count). The van der Waals surface area contributed by atoms with Crippen LogP contribution in [-0.2, 0) is 16.6 Å². The van der Waals surface area contributed by atoms with Gasteiger partial charge in [0.05, 0.1) is 11.5 Å². The summed E-state index contributed by atoms with van der Waals surface area (Å²) in [5.74, 6) is 0. The number of rotatable bonds is 5. The van der Waals surface area contributed by atoms with Gasteiger partial charge in [-0.3, -0.25) is 0 Å². The van der Waals surface area contributed by atoms with Crippen molar-refractivity contribution < 1.29 is 26.7 Å². The number of alkyl halides is 3. The van der Waals surface area contributed by atoms with Gasteiger partial charge in [0.1, 0.15) is 6.54 Å². The molecular formula is C12H13ClF3NO3S. The molecule has 0 heterocycles. The summed E-state index contributed by atoms with van der Waals surface area (Å²) in [7, 11) is -4.28. The molecule has 0 aromatic heterocycles. The molecule has 118 valence electrons. The molecule has 0 aliphatic heterocycles. The first-order valence-electron chi connectivity index (χ1n) is 6.13. The smallest absolute Gasteiger partial charge is 0.392 e. The zero-order chi connectivity index (χ0) is 15.8. The highest BCUT2D eigenvalue weighted by molar-refractivity contribution is 7.89. The van der Waals surface area contributed by atoms with E-state index < -0.39 is 35.4 Å². The number of halogens is 4. The second-order valence-electron chi connectivity index (χ2n) is 4.81. The minimum absolute atomic E-state index is 0.153. The average molecular weight is 344 g/mol. The molecule has 1 saturated carbocycles. The summed E-state index contributed by atoms with van der Waals surface area (Å²) in [5, 5.41) is 9.24. The summed E-state index contributed by atoms with van der Waals surface area (Å²) in [5.41, 5.74) is 0.153. The van der Waals surface area contributed by atoms with Crippen molar-refractivity contribution in [2.75, 3.05) is 6.54 Å². The topological polar surface area (TPSA) is 57.6 Å². The van der Waals surface area contributed by atoms with Gasteiger partial charge in [-0.2, -0.15) is 17.5 Å². The van der Waals surface area contributed by atoms with Crippen molar-refractivity contribution in [3.05, 3.63) is 28.8 Å². The molecule has 0 spiro atoms. The van der Waals surface area contributed by atoms with Crippen LogP contribution in [0.5, 0.6) is 0 Å². The molecule has 0 atom stereocenters. The molecule has 1 aliphatic rings. The first-order chi connectivity index (χ1) is 9.65. The third-order valence-electron chi connectivity index (χ3n) is 3.08. The number of nitrogens with zero attached hydrogens (tertiary/aromatic N) is 1. The van der Waals surface area contributed by atoms with Crippen LogP contribution in [0.4, 0.5) is 13.2 Å². The number of aliphatic hydroxyl groups excluding tert-OH is 1. The SMILES string of the molecule is O=S(=O)(c1ccc(Cl)c(CO)c1)N(CC(F)(F)F)C1CC1. The largest absolute Gasteiger partial charge is 0.402 e. The van der Waals surface area contributed by atoms with Crippen LogP contribution in [0.1, 0.15) is 18.4 Å². The maximum Gasteiger partial charge on any atom is 0.402 e. The molecule has 1 N–H and O–H groups in total. The van der Waals surface area contributed by atoms with Crippen LogP contribution < -0.4 is 0 Å². The molecule has 0 saturated heterocycles. The molecule has 21 heavy (non-hydrogen) atoms. The van der Waals surface area contributed by atoms with Gasteiger partial charge in [0, 0.05) is 11.1 Å². The molecule has 9 heteroatoms. The van der Waals surface area contributed by atoms with Crippen LogP contribution in [0.25, 0.3) is 0 Å². The van der Waals surface area contributed by atoms with E-state index in [1.54, 1.807) is 0 Å². The normalized spacial score (nSPS) is 16.5. The Bertz CT molecular complexity index is 629. The second-order valence-corrected chi connectivity index (χ2v) is 7.11. The van der Waals surface area contributed by atoms with Gasteiger partial charge in [-0.05, 0) is 36.6 Å². The highest BCUT2D eigenvalue weighted by Crippen LogP contribution is 2.35. The highest BCUT2D eigenvalue weighted by atomic mass is 35.5. The van der Waals surface area contributed by atoms with Gasteiger partial charge < -0.3 is 5.11 Å². The summed E-state index contributed by atoms with van der Waals surface area (Å²) >= 11 is 5.76. The van der Waals surface area contributed by atoms with Crippen molar-refractivity contribution in [2.45, 2.75) is 36.6 Å². The molecule has 0 unspecified atom stereocenters. The van der Waals surface area contributed by atoms with Gasteiger partial charge in [0.15, 0.2) is 0 Å². The number of aliphatic hydroxyl groups is 1. The van der Waals surface area contributed by atoms with Gasteiger partial charge in [0.25, 0.3) is 0 Å². The van der Waals surface area contributed by atoms with Crippen LogP contribution >= 0.6 is 11.6 Å². The van der Waals surface area contributed by atoms with Gasteiger partial charge in [-0.15, -0.1) is 0 Å². The second kappa shape index (κ2) is 5.75. The molecular weight excluding hydrogens is 331 g/mol. The molecule has 4 nitrogen and oxygen atoms in total. The summed E-state index contributed by atoms with van der Waals surface area (Å²) < 4.78 is 63.0. The average Bonchev–Trinajstić information content (AvgIpc) is 3.19. The Labute approximate surface area is 125 Å². The lowest BCUT2D eigenvalue weighted by Crippen LogP contribution is -2.40. The van der Waals surface area contributed by atoms with Gasteiger partial charge in [0.2, 0.25) is 10.0 Å². The predicted octanol–water partition coefficient (Wildman–Crippen LogP) is 2.55. The first kappa shape index (κ1) is 16.5. The van der Waals surface area contributed by atoms with E-state index in [1.165, 1.54) is 6.07 Å². The van der Waals surface area contributed by atoms with Gasteiger partial charge in [-0.1, -0.05) is 11.6 Å². The Morgan fingerprint density at radius 2 is 1.95 bits per heavy atom. The maximum absolute atomic E-state index is 12.6. The number of hydrogen-bond donors (Lipinski definition) is 1. The third kappa shape index (κ3) is 3.88. The lowest BCUT2D eigenvalue weighted by Gasteiger charge is -2.23. The fourth-order valence-corrected chi connectivity index (χ4v) is 3.82. The predicted molar refractivity (Wildman–Crippen MR) is 70.3 cm³/mol. The van der Waals surface area contributed by atoms with E-state index in [4.69, 9.17) is 16.7 Å². The highest BCUT2D eigenvalue weighted by Gasteiger charge is 2.44. The van der Waals surface area contributed by atoms with E-state index in [-0.39, 0.29) is 15.5 Å². The van der Waals surface area contributed by atoms with Gasteiger partial charge in [-0.25, -0.2) is 8.42 Å². The molecule has 1 fully saturated rings. The minimum atomic E-state index is -4.61. The Morgan fingerprint density at radius 1 is 1.33 bits per heavy atom. The van der Waals surface area contributed by atoms with E-state index in [0.717, 1.165) is 12.1 Å². The summed E-state index contributed by atoms with van der Waals surface area (Å²) in [6.07, 6.45) is -3.78. The summed E-state index contributed by atoms with van der Waals surface area (Å²) in [6.45, 7) is -2.01. The van der Waals surface area contributed by atoms with Crippen LogP contribution in [0.3, 0.4) is 0 Å². The summed E-state index contributed by atoms with van der Waals surface area (Å²) in [6, 6.07) is 2.87. The third-order valence-corrected chi connectivity index (χ3v) is 5.35. The Morgan fingerprint density at radius 3 is 2.43 bits per heavy atom. The standard InChI is InChI=1S/C12H13ClF3NO3S/c13-11-4-3-10(5-8(11)6-18)21(19,20)17(9-1-2-9)7-12(14,15)16/h3-5,9,18H,1-2,6-7H2. The van der Waals surface area contributed by atoms with Crippen LogP contribution in [0.2, 0.25) is 5.02 Å². The quantitative estimate of drug-likeness (QED) is 0.894. The number of benzene rings is 1. The number of sulfonamides is 1. The van der Waals surface area contributed by atoms with E-state index in [2.05, 4.69) is 0 Å². The van der Waals surface area contributed by atoms with E-state index >= 15 is 0 Å². The maximum atomic E-state index is 12.6. The van der Waals surface area contributed by atoms with Crippen molar-refractivity contribution in [3.63, 3.8) is 0 Å². The molecule has 0 bridgehead atoms. The Balaban J connectivity index is 2.39. The van der Waals surface area contributed by atoms with Crippen molar-refractivity contribution in [2.24, 2.45) is 0 Å². The zero-order valence-corrected chi connectivity index (χ0v) is 12.3. The zero-order valence-electron chi connectivity index (χ0n) is 10.8. The molecule has 1 aliphatic carbocycles. The van der Waals surface area contributed by atoms with E-state index in [9.17, 15) is 21.6 Å². The molecule has 1 aromatic carbocycles. The van der Waals surface area contributed by atoms with Crippen molar-refractivity contribution in [1.82, 2.24) is 4.31 Å². The Hall–Kier alpha value is -0.830. The van der Waals surface area contributed by atoms with Crippen molar-refractivity contribution >= 4 is 21.6 Å². The monoisotopic (exact) mass is 343 g/mol. The molecule has 0 radical (unpaired) electrons. The van der Waals surface area contributed by atoms with Crippen LogP contribution in [-0.4, -0.2) is 36.6 Å². The van der Waals surface area contributed by atoms with E-state index in [1.807, 2.05) is 0 Å². The fourth-order valence-electron chi connectivity index (χ4n) is 1.92. The molecule has 0 amide bonds. The van der Waals surface area contributed by atoms with E-state index in [0.29, 0.717) is 17.1 Å². The van der Waals surface area contributed by atoms with Crippen LogP contribution in [0.15, 0.2) is 23.1 Å². The minimum Gasteiger partial charge on any atom is -0.392 e. The van der Waals surface area contributed by atoms with Crippen molar-refractivity contribution in [3.8, 4) is 0 Å². The lowest BCUT2D eigenvalue weighted by atomic mass is 10.2. The van der Waals surface area contributed by atoms with Crippen molar-refractivity contribution in [1.29, 1.82) is 0 Å². The van der Waals surface area contributed by atoms with Crippen LogP contribution in [0, 0.1) is 0 Å². The lowest BCUT2D eigenvalue weighted by molar-refractivity contribution is -0.137. The number of hydrogen-bond acceptors (Lipinski definition) is 3. The van der Waals surface area contributed by atoms with Gasteiger partial charge >= 0.3 is 6.18 Å².